The fraction of sp³-hybridized carbons (Fsp3) is 0.812. The number of carboxylic acids is 1. The molecule has 0 aliphatic rings. The van der Waals surface area contributed by atoms with E-state index >= 15 is 0 Å². The number of carbonyl (C=O) groups excluding carboxylic acids is 2. The van der Waals surface area contributed by atoms with Gasteiger partial charge in [0.15, 0.2) is 5.78 Å². The number of Topliss-reactive ketones (excluding diaryl/α,β-unsaturated/α-hetero) is 1. The number of carboxylic acid groups (broad SMARTS) is 1. The Balaban J connectivity index is 5.17. The number of nitrogens with one attached hydrogen (secondary N) is 1. The lowest BCUT2D eigenvalue weighted by atomic mass is 9.84. The molecule has 0 saturated heterocycles. The third-order valence-electron chi connectivity index (χ3n) is 3.57. The Hall–Kier alpha value is -1.02. The first-order valence-electron chi connectivity index (χ1n) is 8.28. The van der Waals surface area contributed by atoms with E-state index in [4.69, 9.17) is 10.8 Å². The molecule has 24 heavy (non-hydrogen) atoms. The summed E-state index contributed by atoms with van der Waals surface area (Å²) in [6.07, 6.45) is 1.52. The summed E-state index contributed by atoms with van der Waals surface area (Å²) in [4.78, 5) is 36.0. The van der Waals surface area contributed by atoms with Gasteiger partial charge in [0.2, 0.25) is 5.91 Å². The SMILES string of the molecule is BC(C)(CCC)SC(CC(=O)O)C(=O)NC(CN)C(=O)C(C)(C)C. The Morgan fingerprint density at radius 3 is 2.17 bits per heavy atom. The Morgan fingerprint density at radius 1 is 1.25 bits per heavy atom. The van der Waals surface area contributed by atoms with Gasteiger partial charge in [-0.15, -0.1) is 0 Å². The van der Waals surface area contributed by atoms with Gasteiger partial charge in [0.05, 0.1) is 11.7 Å². The molecule has 0 bridgehead atoms. The van der Waals surface area contributed by atoms with Crippen molar-refractivity contribution in [2.24, 2.45) is 11.1 Å². The number of amides is 1. The van der Waals surface area contributed by atoms with Gasteiger partial charge in [-0.05, 0) is 11.1 Å². The molecule has 0 aromatic heterocycles. The third kappa shape index (κ3) is 8.19. The second-order valence-corrected chi connectivity index (χ2v) is 9.54. The van der Waals surface area contributed by atoms with Crippen LogP contribution in [-0.4, -0.2) is 53.1 Å². The molecule has 0 radical (unpaired) electrons. The molecule has 3 atom stereocenters. The van der Waals surface area contributed by atoms with Crippen LogP contribution in [0.15, 0.2) is 0 Å². The van der Waals surface area contributed by atoms with E-state index in [1.165, 1.54) is 11.8 Å². The van der Waals surface area contributed by atoms with Gasteiger partial charge in [0, 0.05) is 12.0 Å². The van der Waals surface area contributed by atoms with E-state index < -0.39 is 28.6 Å². The fourth-order valence-electron chi connectivity index (χ4n) is 2.41. The van der Waals surface area contributed by atoms with E-state index in [-0.39, 0.29) is 23.4 Å². The lowest BCUT2D eigenvalue weighted by Gasteiger charge is -2.30. The number of hydrogen-bond donors (Lipinski definition) is 3. The van der Waals surface area contributed by atoms with Crippen molar-refractivity contribution in [3.63, 3.8) is 0 Å². The first-order valence-corrected chi connectivity index (χ1v) is 9.16. The Bertz CT molecular complexity index is 463. The normalized spacial score (nSPS) is 16.8. The number of rotatable bonds is 10. The molecule has 3 unspecified atom stereocenters. The van der Waals surface area contributed by atoms with Crippen LogP contribution < -0.4 is 11.1 Å². The van der Waals surface area contributed by atoms with Crippen LogP contribution in [0.5, 0.6) is 0 Å². The maximum absolute atomic E-state index is 12.6. The molecule has 0 aliphatic carbocycles. The van der Waals surface area contributed by atoms with Crippen molar-refractivity contribution in [3.8, 4) is 0 Å². The second-order valence-electron chi connectivity index (χ2n) is 7.63. The molecule has 0 aromatic carbocycles. The van der Waals surface area contributed by atoms with E-state index in [1.807, 2.05) is 21.7 Å². The quantitative estimate of drug-likeness (QED) is 0.498. The number of thioether (sulfide) groups is 1. The van der Waals surface area contributed by atoms with Crippen molar-refractivity contribution in [2.45, 2.75) is 69.8 Å². The molecule has 0 heterocycles. The minimum absolute atomic E-state index is 0.00927. The van der Waals surface area contributed by atoms with Crippen LogP contribution in [0.3, 0.4) is 0 Å². The molecule has 1 amide bonds. The van der Waals surface area contributed by atoms with Crippen LogP contribution in [0.2, 0.25) is 0 Å². The maximum atomic E-state index is 12.6. The van der Waals surface area contributed by atoms with Gasteiger partial charge in [0.1, 0.15) is 13.9 Å². The second kappa shape index (κ2) is 9.46. The van der Waals surface area contributed by atoms with Crippen LogP contribution in [-0.2, 0) is 14.4 Å². The number of aliphatic carboxylic acids is 1. The molecule has 6 nitrogen and oxygen atoms in total. The van der Waals surface area contributed by atoms with Gasteiger partial charge >= 0.3 is 5.97 Å². The average Bonchev–Trinajstić information content (AvgIpc) is 2.41. The van der Waals surface area contributed by atoms with Crippen LogP contribution in [0.1, 0.15) is 53.9 Å². The van der Waals surface area contributed by atoms with Gasteiger partial charge in [-0.25, -0.2) is 0 Å². The molecular formula is C16H31BN2O4S. The first kappa shape index (κ1) is 23.0. The molecule has 0 spiro atoms. The summed E-state index contributed by atoms with van der Waals surface area (Å²) < 4.78 is -0.224. The summed E-state index contributed by atoms with van der Waals surface area (Å²) in [5, 5.41) is 11.0. The Kier molecular flexibility index (Phi) is 9.06. The summed E-state index contributed by atoms with van der Waals surface area (Å²) in [5.74, 6) is -1.65. The van der Waals surface area contributed by atoms with Crippen molar-refractivity contribution in [2.75, 3.05) is 6.54 Å². The highest BCUT2D eigenvalue weighted by Gasteiger charge is 2.34. The third-order valence-corrected chi connectivity index (χ3v) is 5.08. The van der Waals surface area contributed by atoms with Crippen LogP contribution >= 0.6 is 11.8 Å². The largest absolute Gasteiger partial charge is 0.481 e. The standard InChI is InChI=1S/C16H31BN2O4S/c1-6-7-16(5,17)24-11(8-12(20)21)14(23)19-10(9-18)13(22)15(2,3)4/h10-11H,6-9,17-18H2,1-5H3,(H,19,23)(H,20,21). The van der Waals surface area contributed by atoms with E-state index in [1.54, 1.807) is 20.8 Å². The van der Waals surface area contributed by atoms with Gasteiger partial charge < -0.3 is 16.2 Å². The van der Waals surface area contributed by atoms with Gasteiger partial charge in [-0.3, -0.25) is 14.4 Å². The number of ketones is 1. The molecule has 0 saturated carbocycles. The maximum Gasteiger partial charge on any atom is 0.305 e. The molecule has 0 rings (SSSR count). The molecule has 0 aliphatic heterocycles. The highest BCUT2D eigenvalue weighted by atomic mass is 32.2. The lowest BCUT2D eigenvalue weighted by Crippen LogP contribution is -2.52. The minimum atomic E-state index is -1.04. The van der Waals surface area contributed by atoms with Crippen LogP contribution in [0.25, 0.3) is 0 Å². The Morgan fingerprint density at radius 2 is 1.79 bits per heavy atom. The summed E-state index contributed by atoms with van der Waals surface area (Å²) in [7, 11) is 1.99. The average molecular weight is 358 g/mol. The van der Waals surface area contributed by atoms with Crippen molar-refractivity contribution in [1.29, 1.82) is 0 Å². The van der Waals surface area contributed by atoms with E-state index in [9.17, 15) is 14.4 Å². The lowest BCUT2D eigenvalue weighted by molar-refractivity contribution is -0.138. The first-order chi connectivity index (χ1) is 10.8. The zero-order valence-corrected chi connectivity index (χ0v) is 16.5. The fourth-order valence-corrected chi connectivity index (χ4v) is 3.90. The van der Waals surface area contributed by atoms with Gasteiger partial charge in [-0.2, -0.15) is 11.8 Å². The molecule has 138 valence electrons. The molecule has 8 heteroatoms. The zero-order valence-electron chi connectivity index (χ0n) is 15.6. The highest BCUT2D eigenvalue weighted by molar-refractivity contribution is 8.03. The summed E-state index contributed by atoms with van der Waals surface area (Å²) in [6.45, 7) is 9.31. The molecule has 4 N–H and O–H groups in total. The minimum Gasteiger partial charge on any atom is -0.481 e. The smallest absolute Gasteiger partial charge is 0.305 e. The monoisotopic (exact) mass is 358 g/mol. The number of carbonyl (C=O) groups is 3. The molecular weight excluding hydrogens is 327 g/mol. The van der Waals surface area contributed by atoms with Crippen molar-refractivity contribution in [3.05, 3.63) is 0 Å². The zero-order chi connectivity index (χ0) is 19.1. The van der Waals surface area contributed by atoms with Gasteiger partial charge in [-0.1, -0.05) is 41.0 Å². The van der Waals surface area contributed by atoms with E-state index in [2.05, 4.69) is 5.32 Å². The Labute approximate surface area is 150 Å². The number of hydrogen-bond acceptors (Lipinski definition) is 5. The molecule has 0 fully saturated rings. The van der Waals surface area contributed by atoms with Gasteiger partial charge in [0.25, 0.3) is 0 Å². The predicted molar refractivity (Wildman–Crippen MR) is 101 cm³/mol. The topological polar surface area (TPSA) is 109 Å². The van der Waals surface area contributed by atoms with Crippen molar-refractivity contribution < 1.29 is 19.5 Å². The summed E-state index contributed by atoms with van der Waals surface area (Å²) in [5.41, 5.74) is 5.01. The highest BCUT2D eigenvalue weighted by Crippen LogP contribution is 2.32. The van der Waals surface area contributed by atoms with Crippen LogP contribution in [0.4, 0.5) is 0 Å². The van der Waals surface area contributed by atoms with E-state index in [0.29, 0.717) is 0 Å². The summed E-state index contributed by atoms with van der Waals surface area (Å²) in [6, 6.07) is -0.802. The molecule has 0 aromatic rings. The predicted octanol–water partition coefficient (Wildman–Crippen LogP) is 0.771. The summed E-state index contributed by atoms with van der Waals surface area (Å²) >= 11 is 1.33. The van der Waals surface area contributed by atoms with E-state index in [0.717, 1.165) is 12.8 Å². The number of nitrogens with two attached hydrogens (primary N) is 1. The van der Waals surface area contributed by atoms with Crippen molar-refractivity contribution in [1.82, 2.24) is 5.32 Å². The van der Waals surface area contributed by atoms with Crippen LogP contribution in [0, 0.1) is 5.41 Å². The van der Waals surface area contributed by atoms with Crippen molar-refractivity contribution >= 4 is 37.3 Å².